The maximum Gasteiger partial charge on any atom is 0.303 e. The molecule has 6 nitrogen and oxygen atoms in total. The number of ether oxygens (including phenoxy) is 1. The number of unbranched alkanes of at least 4 members (excludes halogenated alkanes) is 1. The highest BCUT2D eigenvalue weighted by molar-refractivity contribution is 8.24. The van der Waals surface area contributed by atoms with Crippen LogP contribution in [0.25, 0.3) is 0 Å². The van der Waals surface area contributed by atoms with E-state index in [-0.39, 0.29) is 18.2 Å². The molecule has 0 saturated heterocycles. The van der Waals surface area contributed by atoms with Crippen LogP contribution in [0.1, 0.15) is 75.1 Å². The van der Waals surface area contributed by atoms with Gasteiger partial charge in [-0.25, -0.2) is 0 Å². The molecule has 0 fully saturated rings. The van der Waals surface area contributed by atoms with Gasteiger partial charge in [-0.1, -0.05) is 57.0 Å². The third-order valence-corrected chi connectivity index (χ3v) is 8.67. The second-order valence-corrected chi connectivity index (χ2v) is 11.0. The van der Waals surface area contributed by atoms with Gasteiger partial charge in [0.1, 0.15) is 5.75 Å². The normalized spacial score (nSPS) is 22.8. The number of benzene rings is 2. The van der Waals surface area contributed by atoms with Crippen molar-refractivity contribution in [2.75, 3.05) is 12.9 Å². The maximum atomic E-state index is 11.5. The first kappa shape index (κ1) is 25.6. The fourth-order valence-electron chi connectivity index (χ4n) is 4.78. The maximum absolute atomic E-state index is 11.5. The molecule has 2 aromatic carbocycles. The summed E-state index contributed by atoms with van der Waals surface area (Å²) in [5, 5.41) is 12.9. The van der Waals surface area contributed by atoms with Crippen molar-refractivity contribution in [2.24, 2.45) is 0 Å². The Kier molecular flexibility index (Phi) is 8.45. The number of rotatable bonds is 10. The average molecular weight is 476 g/mol. The second-order valence-electron chi connectivity index (χ2n) is 8.99. The van der Waals surface area contributed by atoms with Crippen LogP contribution in [0, 0.1) is 0 Å². The van der Waals surface area contributed by atoms with E-state index < -0.39 is 22.1 Å². The molecule has 33 heavy (non-hydrogen) atoms. The van der Waals surface area contributed by atoms with Gasteiger partial charge in [0, 0.05) is 17.5 Å². The predicted molar refractivity (Wildman–Crippen MR) is 134 cm³/mol. The summed E-state index contributed by atoms with van der Waals surface area (Å²) in [5.41, 5.74) is 2.27. The van der Waals surface area contributed by atoms with Crippen LogP contribution < -0.4 is 10.1 Å². The number of hydrogen-bond donors (Lipinski definition) is 4. The van der Waals surface area contributed by atoms with Crippen molar-refractivity contribution in [1.82, 2.24) is 5.32 Å². The third-order valence-electron chi connectivity index (χ3n) is 6.66. The fraction of sp³-hybridized carbons (Fsp3) is 0.500. The molecule has 0 amide bonds. The van der Waals surface area contributed by atoms with Gasteiger partial charge in [0.05, 0.1) is 23.8 Å². The molecule has 1 heterocycles. The van der Waals surface area contributed by atoms with E-state index in [9.17, 15) is 13.9 Å². The van der Waals surface area contributed by atoms with E-state index in [1.165, 1.54) is 0 Å². The SMILES string of the molecule is CCCCC1(CC)CS(O)(O)c2cc(CCCC(=O)O)c(OC)cc2C(c2ccccc2)N1. The number of carboxylic acids is 1. The van der Waals surface area contributed by atoms with Gasteiger partial charge in [0.25, 0.3) is 0 Å². The highest BCUT2D eigenvalue weighted by Crippen LogP contribution is 2.58. The highest BCUT2D eigenvalue weighted by atomic mass is 32.3. The number of nitrogens with one attached hydrogen (secondary N) is 1. The summed E-state index contributed by atoms with van der Waals surface area (Å²) in [6.45, 7) is 4.25. The molecule has 0 aromatic heterocycles. The number of aryl methyl sites for hydroxylation is 1. The molecule has 0 bridgehead atoms. The van der Waals surface area contributed by atoms with Gasteiger partial charge in [-0.2, -0.15) is 10.6 Å². The van der Waals surface area contributed by atoms with Crippen molar-refractivity contribution in [1.29, 1.82) is 0 Å². The summed E-state index contributed by atoms with van der Waals surface area (Å²) in [5.74, 6) is 0.0629. The molecule has 7 heteroatoms. The van der Waals surface area contributed by atoms with Crippen molar-refractivity contribution in [2.45, 2.75) is 75.3 Å². The monoisotopic (exact) mass is 475 g/mol. The van der Waals surface area contributed by atoms with E-state index in [4.69, 9.17) is 9.84 Å². The van der Waals surface area contributed by atoms with Crippen molar-refractivity contribution < 1.29 is 23.7 Å². The zero-order valence-corrected chi connectivity index (χ0v) is 20.7. The van der Waals surface area contributed by atoms with Crippen LogP contribution in [0.3, 0.4) is 0 Å². The summed E-state index contributed by atoms with van der Waals surface area (Å²) in [6, 6.07) is 13.6. The van der Waals surface area contributed by atoms with Crippen molar-refractivity contribution in [3.8, 4) is 5.75 Å². The topological polar surface area (TPSA) is 99.0 Å². The van der Waals surface area contributed by atoms with Crippen LogP contribution in [-0.2, 0) is 11.2 Å². The number of fused-ring (bicyclic) bond motifs is 1. The molecule has 2 unspecified atom stereocenters. The molecule has 2 aromatic rings. The van der Waals surface area contributed by atoms with Gasteiger partial charge in [-0.15, -0.1) is 0 Å². The van der Waals surface area contributed by atoms with Crippen LogP contribution in [0.2, 0.25) is 0 Å². The largest absolute Gasteiger partial charge is 0.496 e. The van der Waals surface area contributed by atoms with Crippen molar-refractivity contribution in [3.63, 3.8) is 0 Å². The molecule has 1 aliphatic rings. The predicted octanol–water partition coefficient (Wildman–Crippen LogP) is 6.24. The molecular weight excluding hydrogens is 438 g/mol. The Labute approximate surface area is 198 Å². The molecule has 182 valence electrons. The summed E-state index contributed by atoms with van der Waals surface area (Å²) >= 11 is 0. The Morgan fingerprint density at radius 2 is 1.91 bits per heavy atom. The minimum atomic E-state index is -3.09. The van der Waals surface area contributed by atoms with E-state index in [0.29, 0.717) is 23.5 Å². The number of carboxylic acid groups (broad SMARTS) is 1. The molecule has 2 atom stereocenters. The second kappa shape index (κ2) is 10.9. The zero-order valence-electron chi connectivity index (χ0n) is 19.8. The van der Waals surface area contributed by atoms with Gasteiger partial charge < -0.3 is 9.84 Å². The van der Waals surface area contributed by atoms with Gasteiger partial charge >= 0.3 is 5.97 Å². The first-order valence-electron chi connectivity index (χ1n) is 11.8. The standard InChI is InChI=1S/C26H37NO5S/c1-4-6-15-26(5-2)18-33(30,31)23-16-20(13-10-14-24(28)29)22(32-3)17-21(23)25(27-26)19-11-8-7-9-12-19/h7-9,11-12,16-17,25,27,30-31H,4-6,10,13-15,18H2,1-3H3,(H,28,29). The lowest BCUT2D eigenvalue weighted by atomic mass is 9.87. The lowest BCUT2D eigenvalue weighted by molar-refractivity contribution is -0.137. The summed E-state index contributed by atoms with van der Waals surface area (Å²) < 4.78 is 28.7. The molecule has 0 radical (unpaired) electrons. The minimum absolute atomic E-state index is 0.0562. The number of hydrogen-bond acceptors (Lipinski definition) is 5. The summed E-state index contributed by atoms with van der Waals surface area (Å²) in [7, 11) is -1.50. The van der Waals surface area contributed by atoms with Gasteiger partial charge in [0.15, 0.2) is 0 Å². The molecule has 0 spiro atoms. The number of carbonyl (C=O) groups is 1. The molecule has 0 saturated carbocycles. The Hall–Kier alpha value is -2.06. The molecule has 1 aliphatic heterocycles. The Balaban J connectivity index is 2.16. The fourth-order valence-corrected chi connectivity index (χ4v) is 7.02. The van der Waals surface area contributed by atoms with Crippen molar-refractivity contribution in [3.05, 3.63) is 59.2 Å². The Morgan fingerprint density at radius 1 is 1.18 bits per heavy atom. The number of aliphatic carboxylic acids is 1. The zero-order chi connectivity index (χ0) is 24.1. The third kappa shape index (κ3) is 5.90. The minimum Gasteiger partial charge on any atom is -0.496 e. The lowest BCUT2D eigenvalue weighted by Crippen LogP contribution is -2.49. The molecule has 4 N–H and O–H groups in total. The van der Waals surface area contributed by atoms with E-state index in [1.807, 2.05) is 30.3 Å². The average Bonchev–Trinajstić information content (AvgIpc) is 2.90. The lowest BCUT2D eigenvalue weighted by Gasteiger charge is -2.42. The van der Waals surface area contributed by atoms with Crippen LogP contribution in [0.15, 0.2) is 47.4 Å². The first-order chi connectivity index (χ1) is 15.7. The molecule has 0 aliphatic carbocycles. The highest BCUT2D eigenvalue weighted by Gasteiger charge is 2.42. The number of methoxy groups -OCH3 is 1. The van der Waals surface area contributed by atoms with Gasteiger partial charge in [-0.3, -0.25) is 19.2 Å². The summed E-state index contributed by atoms with van der Waals surface area (Å²) in [6.07, 6.45) is 4.68. The van der Waals surface area contributed by atoms with E-state index in [2.05, 4.69) is 31.3 Å². The smallest absolute Gasteiger partial charge is 0.303 e. The Bertz CT molecular complexity index is 949. The van der Waals surface area contributed by atoms with Gasteiger partial charge in [0.2, 0.25) is 0 Å². The van der Waals surface area contributed by atoms with Gasteiger partial charge in [-0.05, 0) is 48.9 Å². The Morgan fingerprint density at radius 3 is 2.52 bits per heavy atom. The van der Waals surface area contributed by atoms with Crippen LogP contribution in [-0.4, -0.2) is 38.6 Å². The quantitative estimate of drug-likeness (QED) is 0.324. The van der Waals surface area contributed by atoms with Crippen LogP contribution >= 0.6 is 10.6 Å². The van der Waals surface area contributed by atoms with Crippen LogP contribution in [0.4, 0.5) is 0 Å². The molecular formula is C26H37NO5S. The first-order valence-corrected chi connectivity index (χ1v) is 13.5. The van der Waals surface area contributed by atoms with E-state index >= 15 is 0 Å². The van der Waals surface area contributed by atoms with E-state index in [1.54, 1.807) is 7.11 Å². The van der Waals surface area contributed by atoms with Crippen molar-refractivity contribution >= 4 is 16.6 Å². The van der Waals surface area contributed by atoms with E-state index in [0.717, 1.165) is 42.4 Å². The summed E-state index contributed by atoms with van der Waals surface area (Å²) in [4.78, 5) is 11.5. The molecule has 3 rings (SSSR count). The van der Waals surface area contributed by atoms with Crippen LogP contribution in [0.5, 0.6) is 5.75 Å².